The molecule has 3 rings (SSSR count). The monoisotopic (exact) mass is 270 g/mol. The van der Waals surface area contributed by atoms with Gasteiger partial charge in [0.15, 0.2) is 5.76 Å². The molecule has 0 fully saturated rings. The van der Waals surface area contributed by atoms with E-state index in [0.717, 1.165) is 11.1 Å². The van der Waals surface area contributed by atoms with Gasteiger partial charge in [-0.25, -0.2) is 0 Å². The summed E-state index contributed by atoms with van der Waals surface area (Å²) in [5, 5.41) is 14.0. The number of furan rings is 1. The third-order valence-corrected chi connectivity index (χ3v) is 3.09. The van der Waals surface area contributed by atoms with Crippen LogP contribution in [-0.4, -0.2) is 15.2 Å². The molecule has 0 bridgehead atoms. The largest absolute Gasteiger partial charge is 0.461 e. The fraction of sp³-hybridized carbons (Fsp3) is 0.200. The first-order valence-corrected chi connectivity index (χ1v) is 6.34. The number of hydrogen-bond acceptors (Lipinski definition) is 5. The highest BCUT2D eigenvalue weighted by Crippen LogP contribution is 2.23. The van der Waals surface area contributed by atoms with E-state index in [0.29, 0.717) is 17.5 Å². The van der Waals surface area contributed by atoms with Gasteiger partial charge < -0.3 is 14.0 Å². The Labute approximate surface area is 115 Å². The maximum Gasteiger partial charge on any atom is 0.238 e. The summed E-state index contributed by atoms with van der Waals surface area (Å²) in [6.07, 6.45) is 1.19. The van der Waals surface area contributed by atoms with E-state index in [2.05, 4.69) is 10.1 Å². The molecule has 5 nitrogen and oxygen atoms in total. The molecule has 1 aromatic carbocycles. The first kappa shape index (κ1) is 12.6. The van der Waals surface area contributed by atoms with Crippen LogP contribution in [0, 0.1) is 6.92 Å². The van der Waals surface area contributed by atoms with Gasteiger partial charge in [-0.15, -0.1) is 0 Å². The molecule has 1 atom stereocenters. The normalized spacial score (nSPS) is 12.5. The Bertz CT molecular complexity index is 688. The number of nitrogens with zero attached hydrogens (tertiary/aromatic N) is 2. The second kappa shape index (κ2) is 5.30. The van der Waals surface area contributed by atoms with Gasteiger partial charge >= 0.3 is 0 Å². The summed E-state index contributed by atoms with van der Waals surface area (Å²) in [4.78, 5) is 4.25. The summed E-state index contributed by atoms with van der Waals surface area (Å²) in [6, 6.07) is 11.2. The number of aromatic nitrogens is 2. The summed E-state index contributed by atoms with van der Waals surface area (Å²) in [5.74, 6) is 1.38. The van der Waals surface area contributed by atoms with E-state index in [4.69, 9.17) is 8.94 Å². The van der Waals surface area contributed by atoms with Crippen molar-refractivity contribution in [1.29, 1.82) is 0 Å². The molecule has 1 unspecified atom stereocenters. The van der Waals surface area contributed by atoms with Crippen LogP contribution in [0.15, 0.2) is 51.6 Å². The van der Waals surface area contributed by atoms with Gasteiger partial charge in [0.1, 0.15) is 0 Å². The van der Waals surface area contributed by atoms with E-state index < -0.39 is 6.10 Å². The Morgan fingerprint density at radius 1 is 1.20 bits per heavy atom. The number of aryl methyl sites for hydroxylation is 1. The minimum atomic E-state index is -0.665. The molecule has 0 saturated carbocycles. The summed E-state index contributed by atoms with van der Waals surface area (Å²) in [5.41, 5.74) is 1.77. The summed E-state index contributed by atoms with van der Waals surface area (Å²) >= 11 is 0. The van der Waals surface area contributed by atoms with Crippen molar-refractivity contribution in [3.8, 4) is 11.6 Å². The zero-order valence-corrected chi connectivity index (χ0v) is 11.0. The second-order valence-electron chi connectivity index (χ2n) is 4.58. The van der Waals surface area contributed by atoms with E-state index in [9.17, 15) is 5.11 Å². The fourth-order valence-electron chi connectivity index (χ4n) is 1.99. The molecule has 102 valence electrons. The Balaban J connectivity index is 1.77. The summed E-state index contributed by atoms with van der Waals surface area (Å²) < 4.78 is 10.5. The molecule has 2 aromatic heterocycles. The van der Waals surface area contributed by atoms with E-state index in [-0.39, 0.29) is 6.42 Å². The first-order valence-electron chi connectivity index (χ1n) is 6.34. The average molecular weight is 270 g/mol. The molecular weight excluding hydrogens is 256 g/mol. The van der Waals surface area contributed by atoms with Gasteiger partial charge in [-0.2, -0.15) is 4.98 Å². The minimum Gasteiger partial charge on any atom is -0.461 e. The lowest BCUT2D eigenvalue weighted by Crippen LogP contribution is -2.01. The first-order chi connectivity index (χ1) is 9.74. The van der Waals surface area contributed by atoms with E-state index in [1.165, 1.54) is 0 Å². The highest BCUT2D eigenvalue weighted by molar-refractivity contribution is 5.50. The van der Waals surface area contributed by atoms with Gasteiger partial charge in [0, 0.05) is 0 Å². The summed E-state index contributed by atoms with van der Waals surface area (Å²) in [6.45, 7) is 1.91. The molecule has 0 spiro atoms. The van der Waals surface area contributed by atoms with Crippen LogP contribution in [0.5, 0.6) is 0 Å². The smallest absolute Gasteiger partial charge is 0.238 e. The number of aliphatic hydroxyl groups excluding tert-OH is 1. The van der Waals surface area contributed by atoms with Crippen molar-refractivity contribution in [2.75, 3.05) is 0 Å². The van der Waals surface area contributed by atoms with Crippen molar-refractivity contribution >= 4 is 0 Å². The second-order valence-corrected chi connectivity index (χ2v) is 4.58. The van der Waals surface area contributed by atoms with E-state index >= 15 is 0 Å². The quantitative estimate of drug-likeness (QED) is 0.789. The van der Waals surface area contributed by atoms with Gasteiger partial charge in [0.25, 0.3) is 0 Å². The van der Waals surface area contributed by atoms with Crippen LogP contribution in [-0.2, 0) is 6.42 Å². The lowest BCUT2D eigenvalue weighted by molar-refractivity contribution is 0.165. The molecule has 0 aliphatic carbocycles. The average Bonchev–Trinajstić information content (AvgIpc) is 3.08. The molecule has 0 aliphatic heterocycles. The van der Waals surface area contributed by atoms with Gasteiger partial charge in [0.2, 0.25) is 11.7 Å². The number of rotatable bonds is 4. The molecule has 20 heavy (non-hydrogen) atoms. The van der Waals surface area contributed by atoms with Crippen molar-refractivity contribution in [3.63, 3.8) is 0 Å². The summed E-state index contributed by atoms with van der Waals surface area (Å²) in [7, 11) is 0. The highest BCUT2D eigenvalue weighted by atomic mass is 16.5. The van der Waals surface area contributed by atoms with Gasteiger partial charge in [-0.3, -0.25) is 0 Å². The molecule has 0 radical (unpaired) electrons. The van der Waals surface area contributed by atoms with Crippen molar-refractivity contribution < 1.29 is 14.0 Å². The maximum atomic E-state index is 10.1. The van der Waals surface area contributed by atoms with Crippen LogP contribution in [0.4, 0.5) is 0 Å². The predicted octanol–water partition coefficient (Wildman–Crippen LogP) is 2.91. The van der Waals surface area contributed by atoms with Gasteiger partial charge in [0.05, 0.1) is 18.8 Å². The number of aliphatic hydroxyl groups is 1. The molecule has 0 saturated heterocycles. The Kier molecular flexibility index (Phi) is 3.35. The van der Waals surface area contributed by atoms with Crippen molar-refractivity contribution in [2.24, 2.45) is 0 Å². The van der Waals surface area contributed by atoms with E-state index in [1.54, 1.807) is 6.26 Å². The minimum absolute atomic E-state index is 0.275. The number of benzene rings is 1. The van der Waals surface area contributed by atoms with Crippen LogP contribution in [0.2, 0.25) is 0 Å². The third kappa shape index (κ3) is 2.48. The van der Waals surface area contributed by atoms with Crippen LogP contribution in [0.1, 0.15) is 23.1 Å². The Morgan fingerprint density at radius 3 is 2.70 bits per heavy atom. The van der Waals surface area contributed by atoms with Crippen molar-refractivity contribution in [2.45, 2.75) is 19.4 Å². The predicted molar refractivity (Wildman–Crippen MR) is 71.8 cm³/mol. The van der Waals surface area contributed by atoms with Crippen LogP contribution >= 0.6 is 0 Å². The Hall–Kier alpha value is -2.40. The van der Waals surface area contributed by atoms with Crippen LogP contribution in [0.3, 0.4) is 0 Å². The lowest BCUT2D eigenvalue weighted by Gasteiger charge is -2.07. The zero-order valence-electron chi connectivity index (χ0n) is 11.0. The molecule has 0 amide bonds. The van der Waals surface area contributed by atoms with Gasteiger partial charge in [-0.1, -0.05) is 35.5 Å². The molecule has 1 N–H and O–H groups in total. The molecule has 3 aromatic rings. The van der Waals surface area contributed by atoms with Crippen molar-refractivity contribution in [3.05, 3.63) is 59.7 Å². The topological polar surface area (TPSA) is 72.3 Å². The standard InChI is InChI=1S/C15H14N2O3/c1-10-7-8-19-14(10)15-16-13(20-17-15)9-12(18)11-5-3-2-4-6-11/h2-8,12,18H,9H2,1H3. The van der Waals surface area contributed by atoms with E-state index in [1.807, 2.05) is 43.3 Å². The Morgan fingerprint density at radius 2 is 2.00 bits per heavy atom. The SMILES string of the molecule is Cc1ccoc1-c1noc(CC(O)c2ccccc2)n1. The molecule has 5 heteroatoms. The highest BCUT2D eigenvalue weighted by Gasteiger charge is 2.17. The zero-order chi connectivity index (χ0) is 13.9. The molecule has 0 aliphatic rings. The fourth-order valence-corrected chi connectivity index (χ4v) is 1.99. The van der Waals surface area contributed by atoms with Crippen LogP contribution < -0.4 is 0 Å². The molecule has 2 heterocycles. The van der Waals surface area contributed by atoms with Crippen LogP contribution in [0.25, 0.3) is 11.6 Å². The molecular formula is C15H14N2O3. The maximum absolute atomic E-state index is 10.1. The number of hydrogen-bond donors (Lipinski definition) is 1. The van der Waals surface area contributed by atoms with Crippen molar-refractivity contribution in [1.82, 2.24) is 10.1 Å². The lowest BCUT2D eigenvalue weighted by atomic mass is 10.1. The third-order valence-electron chi connectivity index (χ3n) is 3.09. The van der Waals surface area contributed by atoms with Gasteiger partial charge in [-0.05, 0) is 24.1 Å².